The number of pyridine rings is 1. The number of nitrogens with zero attached hydrogens (tertiary/aromatic N) is 6. The summed E-state index contributed by atoms with van der Waals surface area (Å²) in [5, 5.41) is 18.9. The van der Waals surface area contributed by atoms with Crippen molar-refractivity contribution in [2.45, 2.75) is 33.0 Å². The summed E-state index contributed by atoms with van der Waals surface area (Å²) in [6.45, 7) is 9.90. The lowest BCUT2D eigenvalue weighted by Gasteiger charge is -2.23. The molecule has 30 heavy (non-hydrogen) atoms. The number of rotatable bonds is 8. The van der Waals surface area contributed by atoms with Gasteiger partial charge in [0.1, 0.15) is 11.4 Å². The Kier molecular flexibility index (Phi) is 6.41. The third-order valence-electron chi connectivity index (χ3n) is 3.75. The normalized spacial score (nSPS) is 11.8. The number of ether oxygens (including phenoxy) is 1. The fourth-order valence-corrected chi connectivity index (χ4v) is 2.58. The van der Waals surface area contributed by atoms with Crippen molar-refractivity contribution in [2.24, 2.45) is 12.2 Å². The van der Waals surface area contributed by atoms with E-state index in [1.807, 2.05) is 69.3 Å². The molecule has 0 aliphatic heterocycles. The fraction of sp³-hybridized carbons (Fsp3) is 0.286. The Morgan fingerprint density at radius 2 is 1.90 bits per heavy atom. The standard InChI is InChI=1S/C21H25N7O2/c1-15(30-21(2,3)4)22-18-13-9-12-17(23-18)14-29-25-19(16-10-7-6-8-11-16)20-24-26-27-28(20)5/h6-13H,1,14H2,2-5H3,(H,22,23). The van der Waals surface area contributed by atoms with Crippen LogP contribution in [0.25, 0.3) is 0 Å². The van der Waals surface area contributed by atoms with Crippen molar-refractivity contribution in [3.63, 3.8) is 0 Å². The van der Waals surface area contributed by atoms with E-state index in [-0.39, 0.29) is 12.2 Å². The van der Waals surface area contributed by atoms with E-state index in [4.69, 9.17) is 9.57 Å². The Morgan fingerprint density at radius 1 is 1.13 bits per heavy atom. The van der Waals surface area contributed by atoms with Gasteiger partial charge in [0.2, 0.25) is 5.82 Å². The summed E-state index contributed by atoms with van der Waals surface area (Å²) in [4.78, 5) is 10.1. The van der Waals surface area contributed by atoms with Crippen LogP contribution in [0, 0.1) is 0 Å². The average Bonchev–Trinajstić information content (AvgIpc) is 3.10. The Morgan fingerprint density at radius 3 is 2.57 bits per heavy atom. The van der Waals surface area contributed by atoms with Gasteiger partial charge in [-0.2, -0.15) is 0 Å². The Balaban J connectivity index is 1.71. The number of hydrogen-bond acceptors (Lipinski definition) is 8. The SMILES string of the molecule is C=C(Nc1cccc(CON=C(c2ccccc2)c2nnnn2C)n1)OC(C)(C)C. The van der Waals surface area contributed by atoms with E-state index in [0.717, 1.165) is 5.56 Å². The van der Waals surface area contributed by atoms with Crippen LogP contribution in [-0.2, 0) is 23.2 Å². The number of aromatic nitrogens is 5. The first-order valence-corrected chi connectivity index (χ1v) is 9.41. The zero-order valence-electron chi connectivity index (χ0n) is 17.5. The Bertz CT molecular complexity index is 1020. The molecular weight excluding hydrogens is 382 g/mol. The molecule has 9 nitrogen and oxygen atoms in total. The second-order valence-electron chi connectivity index (χ2n) is 7.48. The lowest BCUT2D eigenvalue weighted by atomic mass is 10.1. The summed E-state index contributed by atoms with van der Waals surface area (Å²) in [6.07, 6.45) is 0. The molecule has 2 heterocycles. The summed E-state index contributed by atoms with van der Waals surface area (Å²) in [5.41, 5.74) is 1.72. The van der Waals surface area contributed by atoms with Crippen molar-refractivity contribution < 1.29 is 9.57 Å². The smallest absolute Gasteiger partial charge is 0.204 e. The highest BCUT2D eigenvalue weighted by Crippen LogP contribution is 2.15. The van der Waals surface area contributed by atoms with Crippen molar-refractivity contribution in [1.29, 1.82) is 0 Å². The molecule has 0 aliphatic rings. The molecule has 0 radical (unpaired) electrons. The Hall–Kier alpha value is -3.75. The highest BCUT2D eigenvalue weighted by atomic mass is 16.6. The van der Waals surface area contributed by atoms with Crippen LogP contribution >= 0.6 is 0 Å². The van der Waals surface area contributed by atoms with Crippen molar-refractivity contribution in [3.8, 4) is 0 Å². The molecule has 0 unspecified atom stereocenters. The van der Waals surface area contributed by atoms with E-state index >= 15 is 0 Å². The minimum Gasteiger partial charge on any atom is -0.474 e. The van der Waals surface area contributed by atoms with E-state index < -0.39 is 0 Å². The molecule has 0 saturated carbocycles. The van der Waals surface area contributed by atoms with Crippen LogP contribution in [0.4, 0.5) is 5.82 Å². The predicted molar refractivity (Wildman–Crippen MR) is 114 cm³/mol. The highest BCUT2D eigenvalue weighted by molar-refractivity contribution is 6.10. The number of tetrazole rings is 1. The number of oxime groups is 1. The molecule has 3 aromatic rings. The largest absolute Gasteiger partial charge is 0.474 e. The van der Waals surface area contributed by atoms with Gasteiger partial charge in [-0.05, 0) is 49.9 Å². The number of hydrogen-bond donors (Lipinski definition) is 1. The quantitative estimate of drug-likeness (QED) is 0.347. The molecule has 0 spiro atoms. The van der Waals surface area contributed by atoms with E-state index in [9.17, 15) is 0 Å². The summed E-state index contributed by atoms with van der Waals surface area (Å²) >= 11 is 0. The molecule has 3 rings (SSSR count). The lowest BCUT2D eigenvalue weighted by molar-refractivity contribution is 0.0564. The maximum Gasteiger partial charge on any atom is 0.204 e. The van der Waals surface area contributed by atoms with Crippen LogP contribution < -0.4 is 5.32 Å². The van der Waals surface area contributed by atoms with Gasteiger partial charge < -0.3 is 14.9 Å². The highest BCUT2D eigenvalue weighted by Gasteiger charge is 2.15. The van der Waals surface area contributed by atoms with E-state index in [0.29, 0.717) is 28.9 Å². The van der Waals surface area contributed by atoms with Crippen molar-refractivity contribution in [2.75, 3.05) is 5.32 Å². The van der Waals surface area contributed by atoms with Crippen LogP contribution in [0.3, 0.4) is 0 Å². The molecule has 0 saturated heterocycles. The summed E-state index contributed by atoms with van der Waals surface area (Å²) in [5.74, 6) is 1.53. The van der Waals surface area contributed by atoms with Gasteiger partial charge in [0.05, 0.1) is 5.69 Å². The molecule has 0 bridgehead atoms. The minimum atomic E-state index is -0.345. The first kappa shape index (κ1) is 21.0. The zero-order valence-corrected chi connectivity index (χ0v) is 17.5. The average molecular weight is 407 g/mol. The molecule has 2 aromatic heterocycles. The fourth-order valence-electron chi connectivity index (χ4n) is 2.58. The van der Waals surface area contributed by atoms with Gasteiger partial charge in [0.15, 0.2) is 18.2 Å². The molecule has 0 amide bonds. The van der Waals surface area contributed by atoms with Crippen LogP contribution in [-0.4, -0.2) is 36.5 Å². The van der Waals surface area contributed by atoms with Gasteiger partial charge in [0.25, 0.3) is 0 Å². The first-order valence-electron chi connectivity index (χ1n) is 9.41. The summed E-state index contributed by atoms with van der Waals surface area (Å²) in [7, 11) is 1.75. The van der Waals surface area contributed by atoms with Crippen LogP contribution in [0.1, 0.15) is 37.9 Å². The van der Waals surface area contributed by atoms with Crippen molar-refractivity contribution in [3.05, 3.63) is 78.1 Å². The third kappa shape index (κ3) is 5.87. The molecule has 1 N–H and O–H groups in total. The number of aryl methyl sites for hydroxylation is 1. The molecule has 0 atom stereocenters. The van der Waals surface area contributed by atoms with Gasteiger partial charge in [0, 0.05) is 12.6 Å². The van der Waals surface area contributed by atoms with Crippen molar-refractivity contribution >= 4 is 11.5 Å². The van der Waals surface area contributed by atoms with Crippen LogP contribution in [0.2, 0.25) is 0 Å². The summed E-state index contributed by atoms with van der Waals surface area (Å²) < 4.78 is 7.22. The topological polar surface area (TPSA) is 99.3 Å². The monoisotopic (exact) mass is 407 g/mol. The van der Waals surface area contributed by atoms with Gasteiger partial charge in [-0.15, -0.1) is 5.10 Å². The van der Waals surface area contributed by atoms with E-state index in [1.165, 1.54) is 0 Å². The maximum absolute atomic E-state index is 5.68. The second-order valence-corrected chi connectivity index (χ2v) is 7.48. The number of benzene rings is 1. The van der Waals surface area contributed by atoms with Crippen LogP contribution in [0.5, 0.6) is 0 Å². The van der Waals surface area contributed by atoms with Gasteiger partial charge in [-0.25, -0.2) is 9.67 Å². The summed E-state index contributed by atoms with van der Waals surface area (Å²) in [6, 6.07) is 15.1. The molecule has 156 valence electrons. The van der Waals surface area contributed by atoms with Crippen LogP contribution in [0.15, 0.2) is 66.1 Å². The molecular formula is C21H25N7O2. The first-order chi connectivity index (χ1) is 14.3. The lowest BCUT2D eigenvalue weighted by Crippen LogP contribution is -2.21. The second kappa shape index (κ2) is 9.17. The van der Waals surface area contributed by atoms with Gasteiger partial charge in [-0.3, -0.25) is 0 Å². The van der Waals surface area contributed by atoms with Crippen molar-refractivity contribution in [1.82, 2.24) is 25.2 Å². The Labute approximate surface area is 175 Å². The molecule has 0 aliphatic carbocycles. The van der Waals surface area contributed by atoms with Gasteiger partial charge >= 0.3 is 0 Å². The third-order valence-corrected chi connectivity index (χ3v) is 3.75. The molecule has 9 heteroatoms. The van der Waals surface area contributed by atoms with Gasteiger partial charge in [-0.1, -0.05) is 41.6 Å². The maximum atomic E-state index is 5.68. The minimum absolute atomic E-state index is 0.170. The zero-order chi connectivity index (χ0) is 21.6. The molecule has 0 fully saturated rings. The van der Waals surface area contributed by atoms with E-state index in [2.05, 4.69) is 37.6 Å². The predicted octanol–water partition coefficient (Wildman–Crippen LogP) is 3.27. The number of anilines is 1. The number of nitrogens with one attached hydrogen (secondary N) is 1. The molecule has 1 aromatic carbocycles. The van der Waals surface area contributed by atoms with E-state index in [1.54, 1.807) is 11.7 Å².